The lowest BCUT2D eigenvalue weighted by molar-refractivity contribution is 0.0952. The van der Waals surface area contributed by atoms with Crippen LogP contribution in [0.5, 0.6) is 0 Å². The van der Waals surface area contributed by atoms with Crippen molar-refractivity contribution in [2.45, 2.75) is 33.0 Å². The number of carbonyl (C=O) groups excluding carboxylic acids is 1. The molecule has 18 heavy (non-hydrogen) atoms. The van der Waals surface area contributed by atoms with Gasteiger partial charge in [0.25, 0.3) is 0 Å². The highest BCUT2D eigenvalue weighted by Crippen LogP contribution is 2.03. The van der Waals surface area contributed by atoms with Gasteiger partial charge in [-0.25, -0.2) is 9.67 Å². The average molecular weight is 248 g/mol. The van der Waals surface area contributed by atoms with Crippen LogP contribution in [-0.4, -0.2) is 30.3 Å². The SMILES string of the molecule is CCCn1ccnc1C(=O)Cn1cc(CN)nn1. The number of hydrogen-bond acceptors (Lipinski definition) is 5. The first-order chi connectivity index (χ1) is 8.74. The first-order valence-electron chi connectivity index (χ1n) is 5.88. The topological polar surface area (TPSA) is 91.6 Å². The van der Waals surface area contributed by atoms with Gasteiger partial charge in [0.05, 0.1) is 11.9 Å². The Balaban J connectivity index is 2.09. The summed E-state index contributed by atoms with van der Waals surface area (Å²) < 4.78 is 3.33. The molecule has 7 heteroatoms. The molecular weight excluding hydrogens is 232 g/mol. The molecule has 0 fully saturated rings. The number of aromatic nitrogens is 5. The van der Waals surface area contributed by atoms with Gasteiger partial charge < -0.3 is 10.3 Å². The van der Waals surface area contributed by atoms with Gasteiger partial charge in [-0.15, -0.1) is 5.10 Å². The summed E-state index contributed by atoms with van der Waals surface area (Å²) in [5.41, 5.74) is 6.10. The van der Waals surface area contributed by atoms with Crippen LogP contribution in [0, 0.1) is 0 Å². The van der Waals surface area contributed by atoms with Crippen LogP contribution >= 0.6 is 0 Å². The van der Waals surface area contributed by atoms with Crippen molar-refractivity contribution in [2.75, 3.05) is 0 Å². The maximum atomic E-state index is 12.1. The standard InChI is InChI=1S/C11H16N6O/c1-2-4-16-5-3-13-11(16)10(18)8-17-7-9(6-12)14-15-17/h3,5,7H,2,4,6,8,12H2,1H3. The van der Waals surface area contributed by atoms with Crippen molar-refractivity contribution in [3.05, 3.63) is 30.1 Å². The first kappa shape index (κ1) is 12.4. The van der Waals surface area contributed by atoms with E-state index in [2.05, 4.69) is 22.2 Å². The Bertz CT molecular complexity index is 529. The minimum absolute atomic E-state index is 0.0816. The second kappa shape index (κ2) is 5.54. The van der Waals surface area contributed by atoms with Gasteiger partial charge in [0.15, 0.2) is 5.82 Å². The molecule has 0 radical (unpaired) electrons. The van der Waals surface area contributed by atoms with E-state index in [4.69, 9.17) is 5.73 Å². The van der Waals surface area contributed by atoms with E-state index >= 15 is 0 Å². The van der Waals surface area contributed by atoms with Gasteiger partial charge in [-0.3, -0.25) is 4.79 Å². The van der Waals surface area contributed by atoms with Crippen molar-refractivity contribution in [1.29, 1.82) is 0 Å². The van der Waals surface area contributed by atoms with Crippen LogP contribution in [0.15, 0.2) is 18.6 Å². The van der Waals surface area contributed by atoms with Gasteiger partial charge >= 0.3 is 0 Å². The third-order valence-electron chi connectivity index (χ3n) is 2.53. The van der Waals surface area contributed by atoms with Gasteiger partial charge in [-0.05, 0) is 6.42 Å². The number of imidazole rings is 1. The van der Waals surface area contributed by atoms with Crippen molar-refractivity contribution < 1.29 is 4.79 Å². The number of aryl methyl sites for hydroxylation is 1. The monoisotopic (exact) mass is 248 g/mol. The molecule has 7 nitrogen and oxygen atoms in total. The molecule has 0 aliphatic rings. The number of hydrogen-bond donors (Lipinski definition) is 1. The van der Waals surface area contributed by atoms with Crippen molar-refractivity contribution in [1.82, 2.24) is 24.5 Å². The predicted molar refractivity (Wildman–Crippen MR) is 64.8 cm³/mol. The molecule has 2 aromatic rings. The van der Waals surface area contributed by atoms with Crippen LogP contribution in [0.2, 0.25) is 0 Å². The average Bonchev–Trinajstić information content (AvgIpc) is 2.98. The Labute approximate surface area is 105 Å². The van der Waals surface area contributed by atoms with Gasteiger partial charge in [0.1, 0.15) is 6.54 Å². The van der Waals surface area contributed by atoms with Crippen LogP contribution in [0.1, 0.15) is 29.7 Å². The quantitative estimate of drug-likeness (QED) is 0.739. The fraction of sp³-hybridized carbons (Fsp3) is 0.455. The fourth-order valence-electron chi connectivity index (χ4n) is 1.71. The molecule has 0 aliphatic carbocycles. The smallest absolute Gasteiger partial charge is 0.219 e. The zero-order valence-corrected chi connectivity index (χ0v) is 10.3. The molecule has 0 saturated heterocycles. The molecule has 2 rings (SSSR count). The van der Waals surface area contributed by atoms with E-state index in [1.165, 1.54) is 4.68 Å². The van der Waals surface area contributed by atoms with E-state index in [9.17, 15) is 4.79 Å². The maximum Gasteiger partial charge on any atom is 0.219 e. The third-order valence-corrected chi connectivity index (χ3v) is 2.53. The number of rotatable bonds is 6. The Morgan fingerprint density at radius 1 is 1.50 bits per heavy atom. The Kier molecular flexibility index (Phi) is 3.83. The summed E-state index contributed by atoms with van der Waals surface area (Å²) in [5, 5.41) is 7.68. The second-order valence-electron chi connectivity index (χ2n) is 3.98. The van der Waals surface area contributed by atoms with E-state index in [1.807, 2.05) is 10.8 Å². The van der Waals surface area contributed by atoms with E-state index in [-0.39, 0.29) is 12.3 Å². The second-order valence-corrected chi connectivity index (χ2v) is 3.98. The lowest BCUT2D eigenvalue weighted by Gasteiger charge is -2.04. The molecule has 96 valence electrons. The molecule has 0 aromatic carbocycles. The molecule has 2 heterocycles. The number of nitrogens with two attached hydrogens (primary N) is 1. The minimum Gasteiger partial charge on any atom is -0.328 e. The molecule has 0 aliphatic heterocycles. The molecular formula is C11H16N6O. The highest BCUT2D eigenvalue weighted by Gasteiger charge is 2.13. The molecule has 0 bridgehead atoms. The maximum absolute atomic E-state index is 12.1. The largest absolute Gasteiger partial charge is 0.328 e. The van der Waals surface area contributed by atoms with Crippen molar-refractivity contribution >= 4 is 5.78 Å². The van der Waals surface area contributed by atoms with Crippen LogP contribution in [0.4, 0.5) is 0 Å². The third kappa shape index (κ3) is 2.62. The van der Waals surface area contributed by atoms with Gasteiger partial charge in [-0.2, -0.15) is 0 Å². The van der Waals surface area contributed by atoms with Crippen molar-refractivity contribution in [3.63, 3.8) is 0 Å². The molecule has 2 aromatic heterocycles. The van der Waals surface area contributed by atoms with Crippen LogP contribution in [-0.2, 0) is 19.6 Å². The Morgan fingerprint density at radius 3 is 3.00 bits per heavy atom. The summed E-state index contributed by atoms with van der Waals surface area (Å²) in [6.07, 6.45) is 6.07. The first-order valence-corrected chi connectivity index (χ1v) is 5.88. The number of carbonyl (C=O) groups is 1. The fourth-order valence-corrected chi connectivity index (χ4v) is 1.71. The zero-order valence-electron chi connectivity index (χ0n) is 10.3. The number of nitrogens with zero attached hydrogens (tertiary/aromatic N) is 5. The van der Waals surface area contributed by atoms with E-state index < -0.39 is 0 Å². The lowest BCUT2D eigenvalue weighted by atomic mass is 10.3. The summed E-state index contributed by atoms with van der Waals surface area (Å²) in [6, 6.07) is 0. The highest BCUT2D eigenvalue weighted by atomic mass is 16.1. The number of Topliss-reactive ketones (excluding diaryl/α,β-unsaturated/α-hetero) is 1. The predicted octanol–water partition coefficient (Wildman–Crippen LogP) is 0.226. The Hall–Kier alpha value is -2.02. The van der Waals surface area contributed by atoms with E-state index in [0.29, 0.717) is 18.1 Å². The van der Waals surface area contributed by atoms with Crippen molar-refractivity contribution in [3.8, 4) is 0 Å². The van der Waals surface area contributed by atoms with Gasteiger partial charge in [0.2, 0.25) is 5.78 Å². The molecule has 0 amide bonds. The van der Waals surface area contributed by atoms with Gasteiger partial charge in [0, 0.05) is 25.5 Å². The summed E-state index contributed by atoms with van der Waals surface area (Å²) in [4.78, 5) is 16.2. The molecule has 0 spiro atoms. The zero-order chi connectivity index (χ0) is 13.0. The molecule has 0 saturated carbocycles. The lowest BCUT2D eigenvalue weighted by Crippen LogP contribution is -2.16. The minimum atomic E-state index is -0.0816. The van der Waals surface area contributed by atoms with Crippen molar-refractivity contribution in [2.24, 2.45) is 5.73 Å². The summed E-state index contributed by atoms with van der Waals surface area (Å²) >= 11 is 0. The number of ketones is 1. The van der Waals surface area contributed by atoms with Crippen LogP contribution < -0.4 is 5.73 Å². The summed E-state index contributed by atoms with van der Waals surface area (Å²) in [7, 11) is 0. The molecule has 0 unspecified atom stereocenters. The van der Waals surface area contributed by atoms with Gasteiger partial charge in [-0.1, -0.05) is 12.1 Å². The highest BCUT2D eigenvalue weighted by molar-refractivity contribution is 5.92. The van der Waals surface area contributed by atoms with E-state index in [0.717, 1.165) is 13.0 Å². The van der Waals surface area contributed by atoms with Crippen LogP contribution in [0.25, 0.3) is 0 Å². The molecule has 2 N–H and O–H groups in total. The Morgan fingerprint density at radius 2 is 2.33 bits per heavy atom. The normalized spacial score (nSPS) is 10.8. The molecule has 0 atom stereocenters. The summed E-state index contributed by atoms with van der Waals surface area (Å²) in [6.45, 7) is 3.29. The van der Waals surface area contributed by atoms with Crippen LogP contribution in [0.3, 0.4) is 0 Å². The van der Waals surface area contributed by atoms with E-state index in [1.54, 1.807) is 12.4 Å². The summed E-state index contributed by atoms with van der Waals surface area (Å²) in [5.74, 6) is 0.378.